The topological polar surface area (TPSA) is 73.2 Å². The highest BCUT2D eigenvalue weighted by Crippen LogP contribution is 2.41. The van der Waals surface area contributed by atoms with E-state index in [-0.39, 0.29) is 21.6 Å². The fourth-order valence-corrected chi connectivity index (χ4v) is 6.96. The van der Waals surface area contributed by atoms with Crippen molar-refractivity contribution >= 4 is 26.6 Å². The highest BCUT2D eigenvalue weighted by atomic mass is 32.2. The van der Waals surface area contributed by atoms with Crippen LogP contribution >= 0.6 is 0 Å². The Balaban J connectivity index is 1.87. The number of hydrogen-bond donors (Lipinski definition) is 1. The van der Waals surface area contributed by atoms with Gasteiger partial charge in [-0.2, -0.15) is 0 Å². The zero-order chi connectivity index (χ0) is 26.6. The van der Waals surface area contributed by atoms with E-state index in [0.717, 1.165) is 5.57 Å². The quantitative estimate of drug-likeness (QED) is 0.349. The SMILES string of the molecule is COc1ccc(F)cc1-c1ccnc2c1cc(C1=CC(C)(C)NC(C)(C)C1)n2S(=O)(=O)c1ccccc1. The summed E-state index contributed by atoms with van der Waals surface area (Å²) < 4.78 is 49.4. The van der Waals surface area contributed by atoms with Gasteiger partial charge in [-0.25, -0.2) is 21.8 Å². The summed E-state index contributed by atoms with van der Waals surface area (Å²) in [7, 11) is -2.49. The maximum atomic E-state index is 14.3. The molecule has 0 amide bonds. The lowest BCUT2D eigenvalue weighted by Crippen LogP contribution is -2.53. The Labute approximate surface area is 216 Å². The number of ether oxygens (including phenoxy) is 1. The van der Waals surface area contributed by atoms with Gasteiger partial charge < -0.3 is 10.1 Å². The Morgan fingerprint density at radius 3 is 2.41 bits per heavy atom. The summed E-state index contributed by atoms with van der Waals surface area (Å²) in [6.45, 7) is 8.32. The summed E-state index contributed by atoms with van der Waals surface area (Å²) in [6.07, 6.45) is 4.23. The number of aromatic nitrogens is 2. The van der Waals surface area contributed by atoms with Gasteiger partial charge in [-0.3, -0.25) is 0 Å². The van der Waals surface area contributed by atoms with Gasteiger partial charge in [0.15, 0.2) is 5.65 Å². The third-order valence-corrected chi connectivity index (χ3v) is 8.27. The number of fused-ring (bicyclic) bond motifs is 1. The van der Waals surface area contributed by atoms with Gasteiger partial charge in [-0.15, -0.1) is 0 Å². The fraction of sp³-hybridized carbons (Fsp3) is 0.276. The van der Waals surface area contributed by atoms with Gasteiger partial charge in [-0.1, -0.05) is 24.3 Å². The zero-order valence-corrected chi connectivity index (χ0v) is 22.4. The number of rotatable bonds is 5. The third-order valence-electron chi connectivity index (χ3n) is 6.55. The summed E-state index contributed by atoms with van der Waals surface area (Å²) in [5, 5.41) is 4.20. The minimum atomic E-state index is -4.01. The largest absolute Gasteiger partial charge is 0.496 e. The molecule has 5 rings (SSSR count). The van der Waals surface area contributed by atoms with Crippen LogP contribution in [-0.2, 0) is 10.0 Å². The molecule has 1 N–H and O–H groups in total. The average molecular weight is 520 g/mol. The molecule has 6 nitrogen and oxygen atoms in total. The number of benzene rings is 2. The van der Waals surface area contributed by atoms with Crippen LogP contribution in [0, 0.1) is 5.82 Å². The summed E-state index contributed by atoms with van der Waals surface area (Å²) in [5.74, 6) is 0.0688. The van der Waals surface area contributed by atoms with Gasteiger partial charge in [0.2, 0.25) is 0 Å². The van der Waals surface area contributed by atoms with Gasteiger partial charge in [0.05, 0.1) is 17.7 Å². The molecular formula is C29H30FN3O3S. The molecule has 0 fully saturated rings. The first-order valence-corrected chi connectivity index (χ1v) is 13.5. The number of methoxy groups -OCH3 is 1. The molecular weight excluding hydrogens is 489 g/mol. The van der Waals surface area contributed by atoms with Crippen LogP contribution in [0.3, 0.4) is 0 Å². The standard InChI is InChI=1S/C29H30FN3O3S/c1-28(2)17-19(18-29(3,4)32-28)25-16-24-22(23-15-20(30)11-12-26(23)36-5)13-14-31-27(24)33(25)37(34,35)21-9-7-6-8-10-21/h6-17,32H,18H2,1-5H3. The van der Waals surface area contributed by atoms with Gasteiger partial charge in [0, 0.05) is 28.2 Å². The van der Waals surface area contributed by atoms with E-state index in [4.69, 9.17) is 4.74 Å². The molecule has 37 heavy (non-hydrogen) atoms. The fourth-order valence-electron chi connectivity index (χ4n) is 5.45. The van der Waals surface area contributed by atoms with Crippen molar-refractivity contribution in [3.05, 3.63) is 84.4 Å². The minimum Gasteiger partial charge on any atom is -0.496 e. The molecule has 1 aliphatic heterocycles. The van der Waals surface area contributed by atoms with Crippen LogP contribution in [0.25, 0.3) is 27.7 Å². The van der Waals surface area contributed by atoms with Gasteiger partial charge in [0.25, 0.3) is 10.0 Å². The first kappa shape index (κ1) is 25.2. The van der Waals surface area contributed by atoms with E-state index >= 15 is 0 Å². The van der Waals surface area contributed by atoms with Crippen LogP contribution in [0.2, 0.25) is 0 Å². The van der Waals surface area contributed by atoms with E-state index in [9.17, 15) is 12.8 Å². The average Bonchev–Trinajstić information content (AvgIpc) is 3.23. The molecule has 0 bridgehead atoms. The van der Waals surface area contributed by atoms with E-state index in [0.29, 0.717) is 34.4 Å². The molecule has 0 saturated carbocycles. The van der Waals surface area contributed by atoms with Crippen molar-refractivity contribution < 1.29 is 17.5 Å². The van der Waals surface area contributed by atoms with Crippen LogP contribution in [0.5, 0.6) is 5.75 Å². The Kier molecular flexibility index (Phi) is 6.00. The predicted octanol–water partition coefficient (Wildman–Crippen LogP) is 6.02. The Morgan fingerprint density at radius 1 is 1.00 bits per heavy atom. The Morgan fingerprint density at radius 2 is 1.73 bits per heavy atom. The zero-order valence-electron chi connectivity index (χ0n) is 21.5. The molecule has 8 heteroatoms. The van der Waals surface area contributed by atoms with E-state index < -0.39 is 15.8 Å². The number of halogens is 1. The normalized spacial score (nSPS) is 17.0. The third kappa shape index (κ3) is 4.55. The first-order chi connectivity index (χ1) is 17.4. The molecule has 0 radical (unpaired) electrons. The maximum absolute atomic E-state index is 14.3. The highest BCUT2D eigenvalue weighted by molar-refractivity contribution is 7.90. The number of nitrogens with one attached hydrogen (secondary N) is 1. The lowest BCUT2D eigenvalue weighted by Gasteiger charge is -2.41. The highest BCUT2D eigenvalue weighted by Gasteiger charge is 2.36. The van der Waals surface area contributed by atoms with E-state index in [1.165, 1.54) is 23.2 Å². The van der Waals surface area contributed by atoms with Crippen LogP contribution in [0.15, 0.2) is 77.8 Å². The lowest BCUT2D eigenvalue weighted by molar-refractivity contribution is 0.297. The van der Waals surface area contributed by atoms with Crippen LogP contribution < -0.4 is 10.1 Å². The summed E-state index contributed by atoms with van der Waals surface area (Å²) in [6, 6.07) is 16.2. The van der Waals surface area contributed by atoms with Crippen LogP contribution in [0.4, 0.5) is 4.39 Å². The maximum Gasteiger partial charge on any atom is 0.269 e. The Hall–Kier alpha value is -3.49. The summed E-state index contributed by atoms with van der Waals surface area (Å²) in [5.41, 5.74) is 2.23. The van der Waals surface area contributed by atoms with E-state index in [1.54, 1.807) is 48.7 Å². The lowest BCUT2D eigenvalue weighted by atomic mass is 9.82. The molecule has 2 aromatic heterocycles. The van der Waals surface area contributed by atoms with Crippen molar-refractivity contribution in [3.8, 4) is 16.9 Å². The van der Waals surface area contributed by atoms with Crippen molar-refractivity contribution in [2.75, 3.05) is 7.11 Å². The van der Waals surface area contributed by atoms with Crippen molar-refractivity contribution in [2.45, 2.75) is 50.1 Å². The van der Waals surface area contributed by atoms with Gasteiger partial charge >= 0.3 is 0 Å². The smallest absolute Gasteiger partial charge is 0.269 e. The molecule has 4 aromatic rings. The number of nitrogens with zero attached hydrogens (tertiary/aromatic N) is 2. The van der Waals surface area contributed by atoms with E-state index in [1.807, 2.05) is 6.07 Å². The second-order valence-electron chi connectivity index (χ2n) is 10.6. The summed E-state index contributed by atoms with van der Waals surface area (Å²) >= 11 is 0. The molecule has 1 aliphatic rings. The Bertz CT molecular complexity index is 1640. The molecule has 0 saturated heterocycles. The van der Waals surface area contributed by atoms with Gasteiger partial charge in [-0.05, 0) is 87.7 Å². The molecule has 2 aromatic carbocycles. The van der Waals surface area contributed by atoms with Crippen LogP contribution in [0.1, 0.15) is 39.8 Å². The second kappa shape index (κ2) is 8.82. The molecule has 0 unspecified atom stereocenters. The summed E-state index contributed by atoms with van der Waals surface area (Å²) in [4.78, 5) is 4.70. The van der Waals surface area contributed by atoms with Crippen molar-refractivity contribution in [2.24, 2.45) is 0 Å². The van der Waals surface area contributed by atoms with Crippen molar-refractivity contribution in [1.82, 2.24) is 14.3 Å². The number of pyridine rings is 1. The molecule has 192 valence electrons. The van der Waals surface area contributed by atoms with Crippen molar-refractivity contribution in [1.29, 1.82) is 0 Å². The van der Waals surface area contributed by atoms with Crippen molar-refractivity contribution in [3.63, 3.8) is 0 Å². The molecule has 0 aliphatic carbocycles. The van der Waals surface area contributed by atoms with Gasteiger partial charge in [0.1, 0.15) is 11.6 Å². The molecule has 3 heterocycles. The molecule has 0 spiro atoms. The van der Waals surface area contributed by atoms with E-state index in [2.05, 4.69) is 44.1 Å². The monoisotopic (exact) mass is 519 g/mol. The number of hydrogen-bond acceptors (Lipinski definition) is 5. The van der Waals surface area contributed by atoms with Crippen LogP contribution in [-0.4, -0.2) is 35.6 Å². The molecule has 0 atom stereocenters. The second-order valence-corrected chi connectivity index (χ2v) is 12.4. The first-order valence-electron chi connectivity index (χ1n) is 12.1. The predicted molar refractivity (Wildman–Crippen MR) is 145 cm³/mol. The minimum absolute atomic E-state index is 0.164.